The molecule has 0 aromatic heterocycles. The number of halogens is 1. The van der Waals surface area contributed by atoms with Gasteiger partial charge in [0.15, 0.2) is 0 Å². The number of amides is 3. The molecule has 1 rings (SSSR count). The minimum atomic E-state index is -0.535. The fourth-order valence-corrected chi connectivity index (χ4v) is 2.18. The second-order valence-electron chi connectivity index (χ2n) is 3.79. The van der Waals surface area contributed by atoms with Crippen molar-refractivity contribution in [1.29, 1.82) is 0 Å². The molecule has 0 spiro atoms. The molecule has 5 nitrogen and oxygen atoms in total. The first-order valence-electron chi connectivity index (χ1n) is 5.74. The molecule has 0 aliphatic rings. The van der Waals surface area contributed by atoms with Crippen LogP contribution in [0.2, 0.25) is 0 Å². The number of anilines is 1. The van der Waals surface area contributed by atoms with E-state index in [2.05, 4.69) is 10.6 Å². The number of benzene rings is 1. The highest BCUT2D eigenvalue weighted by molar-refractivity contribution is 8.00. The molecular formula is C12H16FN3O2S. The predicted octanol–water partition coefficient (Wildman–Crippen LogP) is 1.73. The van der Waals surface area contributed by atoms with E-state index in [0.717, 1.165) is 11.8 Å². The molecular weight excluding hydrogens is 269 g/mol. The number of hydrogen-bond donors (Lipinski definition) is 3. The van der Waals surface area contributed by atoms with Crippen molar-refractivity contribution in [2.24, 2.45) is 0 Å². The first-order valence-corrected chi connectivity index (χ1v) is 6.62. The third-order valence-electron chi connectivity index (χ3n) is 2.22. The van der Waals surface area contributed by atoms with E-state index in [1.54, 1.807) is 13.8 Å². The maximum atomic E-state index is 12.9. The van der Waals surface area contributed by atoms with Gasteiger partial charge in [0, 0.05) is 17.1 Å². The van der Waals surface area contributed by atoms with Crippen LogP contribution in [0.15, 0.2) is 23.1 Å². The van der Waals surface area contributed by atoms with Crippen molar-refractivity contribution < 1.29 is 14.0 Å². The Bertz CT molecular complexity index is 482. The summed E-state index contributed by atoms with van der Waals surface area (Å²) in [6.07, 6.45) is 0. The summed E-state index contributed by atoms with van der Waals surface area (Å²) in [5, 5.41) is 4.15. The number of carbonyl (C=O) groups is 2. The van der Waals surface area contributed by atoms with Gasteiger partial charge in [0.2, 0.25) is 5.91 Å². The fourth-order valence-electron chi connectivity index (χ4n) is 1.29. The Kier molecular flexibility index (Phi) is 5.62. The Morgan fingerprint density at radius 1 is 1.47 bits per heavy atom. The van der Waals surface area contributed by atoms with Crippen LogP contribution in [0.3, 0.4) is 0 Å². The van der Waals surface area contributed by atoms with Gasteiger partial charge in [0.25, 0.3) is 0 Å². The van der Waals surface area contributed by atoms with Crippen molar-refractivity contribution in [3.05, 3.63) is 24.0 Å². The van der Waals surface area contributed by atoms with Gasteiger partial charge >= 0.3 is 6.03 Å². The monoisotopic (exact) mass is 285 g/mol. The smallest absolute Gasteiger partial charge is 0.321 e. The zero-order valence-corrected chi connectivity index (χ0v) is 11.5. The minimum absolute atomic E-state index is 0.266. The first-order chi connectivity index (χ1) is 8.93. The number of imide groups is 1. The summed E-state index contributed by atoms with van der Waals surface area (Å²) < 4.78 is 12.9. The van der Waals surface area contributed by atoms with Crippen molar-refractivity contribution in [2.75, 3.05) is 12.3 Å². The van der Waals surface area contributed by atoms with Crippen LogP contribution in [-0.2, 0) is 4.79 Å². The normalized spacial score (nSPS) is 11.7. The van der Waals surface area contributed by atoms with Gasteiger partial charge in [-0.25, -0.2) is 9.18 Å². The van der Waals surface area contributed by atoms with Gasteiger partial charge in [0.05, 0.1) is 5.25 Å². The largest absolute Gasteiger partial charge is 0.398 e. The Morgan fingerprint density at radius 2 is 2.16 bits per heavy atom. The van der Waals surface area contributed by atoms with Gasteiger partial charge in [-0.1, -0.05) is 0 Å². The molecule has 0 radical (unpaired) electrons. The number of nitrogens with one attached hydrogen (secondary N) is 2. The van der Waals surface area contributed by atoms with Crippen LogP contribution < -0.4 is 16.4 Å². The molecule has 1 aromatic carbocycles. The number of thioether (sulfide) groups is 1. The van der Waals surface area contributed by atoms with E-state index >= 15 is 0 Å². The Balaban J connectivity index is 2.61. The predicted molar refractivity (Wildman–Crippen MR) is 73.3 cm³/mol. The summed E-state index contributed by atoms with van der Waals surface area (Å²) in [7, 11) is 0. The van der Waals surface area contributed by atoms with E-state index in [9.17, 15) is 14.0 Å². The van der Waals surface area contributed by atoms with Crippen LogP contribution in [0.1, 0.15) is 13.8 Å². The third kappa shape index (κ3) is 4.78. The molecule has 0 heterocycles. The maximum absolute atomic E-state index is 12.9. The zero-order chi connectivity index (χ0) is 14.4. The molecule has 4 N–H and O–H groups in total. The molecule has 1 aromatic rings. The Labute approximate surface area is 115 Å². The summed E-state index contributed by atoms with van der Waals surface area (Å²) in [6.45, 7) is 3.83. The highest BCUT2D eigenvalue weighted by Gasteiger charge is 2.17. The quantitative estimate of drug-likeness (QED) is 0.581. The SMILES string of the molecule is CCNC(=O)NC(=O)C(C)Sc1ccc(F)cc1N. The van der Waals surface area contributed by atoms with Crippen LogP contribution in [-0.4, -0.2) is 23.7 Å². The van der Waals surface area contributed by atoms with Gasteiger partial charge in [0.1, 0.15) is 5.82 Å². The van der Waals surface area contributed by atoms with Gasteiger partial charge in [-0.3, -0.25) is 10.1 Å². The number of nitrogen functional groups attached to an aromatic ring is 1. The van der Waals surface area contributed by atoms with E-state index in [0.29, 0.717) is 11.4 Å². The van der Waals surface area contributed by atoms with E-state index in [1.807, 2.05) is 0 Å². The second kappa shape index (κ2) is 6.98. The lowest BCUT2D eigenvalue weighted by Gasteiger charge is -2.12. The van der Waals surface area contributed by atoms with Crippen LogP contribution in [0.5, 0.6) is 0 Å². The molecule has 0 saturated carbocycles. The zero-order valence-electron chi connectivity index (χ0n) is 10.7. The highest BCUT2D eigenvalue weighted by atomic mass is 32.2. The van der Waals surface area contributed by atoms with Crippen molar-refractivity contribution in [1.82, 2.24) is 10.6 Å². The van der Waals surface area contributed by atoms with Gasteiger partial charge in [-0.15, -0.1) is 11.8 Å². The second-order valence-corrected chi connectivity index (χ2v) is 5.17. The van der Waals surface area contributed by atoms with Gasteiger partial charge in [-0.2, -0.15) is 0 Å². The Morgan fingerprint density at radius 3 is 2.74 bits per heavy atom. The summed E-state index contributed by atoms with van der Waals surface area (Å²) in [5.74, 6) is -0.860. The van der Waals surface area contributed by atoms with E-state index < -0.39 is 23.0 Å². The number of carbonyl (C=O) groups excluding carboxylic acids is 2. The number of urea groups is 1. The molecule has 0 saturated heterocycles. The number of nitrogens with two attached hydrogens (primary N) is 1. The summed E-state index contributed by atoms with van der Waals surface area (Å²) in [4.78, 5) is 23.5. The molecule has 104 valence electrons. The highest BCUT2D eigenvalue weighted by Crippen LogP contribution is 2.29. The molecule has 1 unspecified atom stereocenters. The molecule has 0 bridgehead atoms. The maximum Gasteiger partial charge on any atom is 0.321 e. The van der Waals surface area contributed by atoms with Gasteiger partial charge in [-0.05, 0) is 32.0 Å². The average molecular weight is 285 g/mol. The lowest BCUT2D eigenvalue weighted by atomic mass is 10.3. The molecule has 3 amide bonds. The van der Waals surface area contributed by atoms with Crippen molar-refractivity contribution in [3.8, 4) is 0 Å². The average Bonchev–Trinajstić information content (AvgIpc) is 2.32. The molecule has 0 aliphatic carbocycles. The molecule has 0 aliphatic heterocycles. The fraction of sp³-hybridized carbons (Fsp3) is 0.333. The Hall–Kier alpha value is -1.76. The van der Waals surface area contributed by atoms with Crippen LogP contribution in [0.4, 0.5) is 14.9 Å². The van der Waals surface area contributed by atoms with Crippen LogP contribution >= 0.6 is 11.8 Å². The van der Waals surface area contributed by atoms with Crippen molar-refractivity contribution >= 4 is 29.4 Å². The summed E-state index contributed by atoms with van der Waals surface area (Å²) in [6, 6.07) is 3.43. The number of hydrogen-bond acceptors (Lipinski definition) is 4. The van der Waals surface area contributed by atoms with Crippen molar-refractivity contribution in [3.63, 3.8) is 0 Å². The molecule has 19 heavy (non-hydrogen) atoms. The lowest BCUT2D eigenvalue weighted by molar-refractivity contribution is -0.119. The minimum Gasteiger partial charge on any atom is -0.398 e. The van der Waals surface area contributed by atoms with E-state index in [-0.39, 0.29) is 5.69 Å². The number of rotatable bonds is 4. The van der Waals surface area contributed by atoms with Crippen LogP contribution in [0.25, 0.3) is 0 Å². The first kappa shape index (κ1) is 15.3. The summed E-state index contributed by atoms with van der Waals surface area (Å²) >= 11 is 1.16. The molecule has 7 heteroatoms. The standard InChI is InChI=1S/C12H16FN3O2S/c1-3-15-12(18)16-11(17)7(2)19-10-5-4-8(13)6-9(10)14/h4-7H,3,14H2,1-2H3,(H2,15,16,17,18). The molecule has 1 atom stereocenters. The van der Waals surface area contributed by atoms with Crippen LogP contribution in [0, 0.1) is 5.82 Å². The van der Waals surface area contributed by atoms with E-state index in [4.69, 9.17) is 5.73 Å². The van der Waals surface area contributed by atoms with Crippen molar-refractivity contribution in [2.45, 2.75) is 24.0 Å². The van der Waals surface area contributed by atoms with Gasteiger partial charge < -0.3 is 11.1 Å². The van der Waals surface area contributed by atoms with E-state index in [1.165, 1.54) is 18.2 Å². The topological polar surface area (TPSA) is 84.2 Å². The summed E-state index contributed by atoms with van der Waals surface area (Å²) in [5.41, 5.74) is 5.91. The third-order valence-corrected chi connectivity index (χ3v) is 3.41. The molecule has 0 fully saturated rings. The lowest BCUT2D eigenvalue weighted by Crippen LogP contribution is -2.42.